The first kappa shape index (κ1) is 130. The lowest BCUT2D eigenvalue weighted by Crippen LogP contribution is -2.15. The highest BCUT2D eigenvalue weighted by Gasteiger charge is 2.13. The summed E-state index contributed by atoms with van der Waals surface area (Å²) in [6, 6.07) is 0. The fourth-order valence-electron chi connectivity index (χ4n) is 8.66. The predicted molar refractivity (Wildman–Crippen MR) is 487 cm³/mol. The highest BCUT2D eigenvalue weighted by Crippen LogP contribution is 2.20. The maximum atomic E-state index is 8.11. The van der Waals surface area contributed by atoms with Gasteiger partial charge in [0.2, 0.25) is 0 Å². The van der Waals surface area contributed by atoms with Gasteiger partial charge in [0.15, 0.2) is 0 Å². The molecule has 760 valence electrons. The van der Waals surface area contributed by atoms with Crippen LogP contribution in [0.25, 0.3) is 10.4 Å². The van der Waals surface area contributed by atoms with Gasteiger partial charge in [0.05, 0.1) is 377 Å². The van der Waals surface area contributed by atoms with Gasteiger partial charge in [0.25, 0.3) is 0 Å². The molecule has 0 heterocycles. The van der Waals surface area contributed by atoms with Crippen molar-refractivity contribution in [2.75, 3.05) is 429 Å². The Hall–Kier alpha value is -1.97. The van der Waals surface area contributed by atoms with Gasteiger partial charge in [-0.3, -0.25) is 0 Å². The van der Waals surface area contributed by atoms with Crippen LogP contribution in [0.5, 0.6) is 0 Å². The maximum Gasteiger partial charge on any atom is 0.0701 e. The molecule has 0 unspecified atom stereocenters. The largest absolute Gasteiger partial charge is 0.379 e. The third kappa shape index (κ3) is 142. The first-order valence-electron chi connectivity index (χ1n) is 46.7. The van der Waals surface area contributed by atoms with E-state index >= 15 is 0 Å². The summed E-state index contributed by atoms with van der Waals surface area (Å²) in [5.41, 5.74) is 9.38. The Kier molecular flexibility index (Phi) is 116. The van der Waals surface area contributed by atoms with Crippen LogP contribution >= 0.6 is 0 Å². The van der Waals surface area contributed by atoms with Crippen molar-refractivity contribution in [3.05, 3.63) is 10.4 Å². The molecule has 0 atom stereocenters. The molecule has 0 spiro atoms. The van der Waals surface area contributed by atoms with Crippen LogP contribution in [-0.2, 0) is 152 Å². The Bertz CT molecular complexity index is 2000. The van der Waals surface area contributed by atoms with Gasteiger partial charge in [-0.2, -0.15) is 0 Å². The summed E-state index contributed by atoms with van der Waals surface area (Å²) in [6.07, 6.45) is 7.33. The Morgan fingerprint density at radius 1 is 0.143 bits per heavy atom. The molecule has 0 rings (SSSR count). The lowest BCUT2D eigenvalue weighted by atomic mass is 9.93. The van der Waals surface area contributed by atoms with Crippen molar-refractivity contribution in [1.29, 1.82) is 0 Å². The van der Waals surface area contributed by atoms with Crippen LogP contribution in [0.4, 0.5) is 0 Å². The monoisotopic (exact) mass is 1840 g/mol. The van der Waals surface area contributed by atoms with Crippen molar-refractivity contribution in [1.82, 2.24) is 0 Å². The molecule has 0 fully saturated rings. The third-order valence-corrected chi connectivity index (χ3v) is 15.8. The van der Waals surface area contributed by atoms with Crippen LogP contribution in [0.2, 0.25) is 0 Å². The van der Waals surface area contributed by atoms with Gasteiger partial charge in [-0.1, -0.05) is 109 Å². The molecule has 35 nitrogen and oxygen atoms in total. The van der Waals surface area contributed by atoms with E-state index in [1.807, 2.05) is 0 Å². The zero-order valence-corrected chi connectivity index (χ0v) is 82.3. The highest BCUT2D eigenvalue weighted by atomic mass is 16.6. The molecule has 0 radical (unpaired) electrons. The first-order valence-corrected chi connectivity index (χ1v) is 46.7. The van der Waals surface area contributed by atoms with E-state index in [4.69, 9.17) is 157 Å². The molecule has 0 saturated heterocycles. The molecule has 0 aromatic heterocycles. The van der Waals surface area contributed by atoms with Gasteiger partial charge in [-0.05, 0) is 72.1 Å². The second kappa shape index (κ2) is 112. The molecule has 126 heavy (non-hydrogen) atoms. The Morgan fingerprint density at radius 3 is 0.317 bits per heavy atom. The zero-order valence-electron chi connectivity index (χ0n) is 82.3. The van der Waals surface area contributed by atoms with Gasteiger partial charge in [0, 0.05) is 57.7 Å². The van der Waals surface area contributed by atoms with Gasteiger partial charge >= 0.3 is 0 Å². The second-order valence-corrected chi connectivity index (χ2v) is 32.8. The molecule has 0 aliphatic rings. The normalized spacial score (nSPS) is 11.9. The Balaban J connectivity index is -0.000000805. The van der Waals surface area contributed by atoms with Crippen molar-refractivity contribution >= 4 is 0 Å². The molecular weight excluding hydrogens is 1650 g/mol. The number of azide groups is 1. The van der Waals surface area contributed by atoms with Crippen molar-refractivity contribution < 1.29 is 152 Å². The van der Waals surface area contributed by atoms with E-state index in [0.29, 0.717) is 405 Å². The molecule has 0 aliphatic heterocycles. The van der Waals surface area contributed by atoms with E-state index in [1.54, 1.807) is 0 Å². The lowest BCUT2D eigenvalue weighted by molar-refractivity contribution is -0.0276. The van der Waals surface area contributed by atoms with E-state index in [9.17, 15) is 0 Å². The van der Waals surface area contributed by atoms with Gasteiger partial charge in [-0.15, -0.1) is 0 Å². The summed E-state index contributed by atoms with van der Waals surface area (Å²) < 4.78 is 174. The summed E-state index contributed by atoms with van der Waals surface area (Å²) in [4.78, 5) is 2.64. The summed E-state index contributed by atoms with van der Waals surface area (Å²) in [6.45, 7) is 70.5. The second-order valence-electron chi connectivity index (χ2n) is 32.8. The smallest absolute Gasteiger partial charge is 0.0701 e. The quantitative estimate of drug-likeness (QED) is 0.0236. The van der Waals surface area contributed by atoms with Crippen LogP contribution in [0.1, 0.15) is 149 Å². The molecule has 0 bridgehead atoms. The van der Waals surface area contributed by atoms with Crippen LogP contribution in [0.15, 0.2) is 5.11 Å². The molecule has 0 aliphatic carbocycles. The maximum absolute atomic E-state index is 8.11. The minimum absolute atomic E-state index is 0.306. The van der Waals surface area contributed by atoms with E-state index in [-0.39, 0.29) is 0 Å². The zero-order chi connectivity index (χ0) is 93.0. The SMILES string of the molecule is CC(C)(C)CCOCCOCCOCCOCCOCCOCCOCCOCCOCCN=[N+]=[N-].CCCOCCOCCOCCOCCOCCC(C)(C)C.CCCOCCOCCOCCOCCOCCOCCOCCC(C)(C)C.CCCOCCOCCOCCOCCOCCOCCOCCOCCOCCOCCOCCC(C)(C)C. The fourth-order valence-corrected chi connectivity index (χ4v) is 8.66. The molecule has 0 aromatic rings. The average Bonchev–Trinajstić information content (AvgIpc) is 1.01. The molecule has 0 N–H and O–H groups in total. The number of nitrogens with zero attached hydrogens (tertiary/aromatic N) is 3. The Labute approximate surface area is 763 Å². The minimum atomic E-state index is 0.306. The van der Waals surface area contributed by atoms with E-state index < -0.39 is 0 Å². The first-order chi connectivity index (χ1) is 61.2. The fraction of sp³-hybridized carbons (Fsp3) is 1.00. The topological polar surface area (TPSA) is 344 Å². The van der Waals surface area contributed by atoms with Crippen LogP contribution in [0, 0.1) is 21.7 Å². The van der Waals surface area contributed by atoms with E-state index in [1.165, 1.54) is 0 Å². The minimum Gasteiger partial charge on any atom is -0.379 e. The average molecular weight is 1840 g/mol. The predicted octanol–water partition coefficient (Wildman–Crippen LogP) is 11.8. The summed E-state index contributed by atoms with van der Waals surface area (Å²) in [7, 11) is 0. The summed E-state index contributed by atoms with van der Waals surface area (Å²) in [5, 5.41) is 3.37. The molecule has 35 heteroatoms. The molecule has 0 amide bonds. The summed E-state index contributed by atoms with van der Waals surface area (Å²) in [5.74, 6) is 0. The van der Waals surface area contributed by atoms with Crippen molar-refractivity contribution in [3.63, 3.8) is 0 Å². The van der Waals surface area contributed by atoms with Gasteiger partial charge < -0.3 is 152 Å². The molecule has 0 saturated carbocycles. The van der Waals surface area contributed by atoms with E-state index in [0.717, 1.165) is 91.2 Å². The van der Waals surface area contributed by atoms with Gasteiger partial charge in [-0.25, -0.2) is 0 Å². The number of hydrogen-bond acceptors (Lipinski definition) is 33. The van der Waals surface area contributed by atoms with Crippen LogP contribution in [-0.4, -0.2) is 429 Å². The molecular formula is C91H189N3O32. The number of hydrogen-bond donors (Lipinski definition) is 0. The van der Waals surface area contributed by atoms with Crippen molar-refractivity contribution in [2.24, 2.45) is 26.8 Å². The van der Waals surface area contributed by atoms with Crippen molar-refractivity contribution in [3.8, 4) is 0 Å². The lowest BCUT2D eigenvalue weighted by Gasteiger charge is -2.17. The molecule has 0 aromatic carbocycles. The van der Waals surface area contributed by atoms with E-state index in [2.05, 4.69) is 114 Å². The van der Waals surface area contributed by atoms with Gasteiger partial charge in [0.1, 0.15) is 0 Å². The highest BCUT2D eigenvalue weighted by molar-refractivity contribution is 4.63. The van der Waals surface area contributed by atoms with Crippen molar-refractivity contribution in [2.45, 2.75) is 149 Å². The van der Waals surface area contributed by atoms with Crippen LogP contribution < -0.4 is 0 Å². The number of rotatable bonds is 101. The Morgan fingerprint density at radius 2 is 0.230 bits per heavy atom. The number of ether oxygens (including phenoxy) is 32. The summed E-state index contributed by atoms with van der Waals surface area (Å²) >= 11 is 0. The standard InChI is InChI=1S/C29H60O11.C24H49N3O9.C21H44O7.C17H36O5/c1-5-7-30-9-11-32-13-15-34-17-19-36-21-23-38-25-27-40-28-26-39-24-22-37-20-18-35-16-14-33-12-10-31-8-6-29(2,3)4;1-24(2,3)4-6-28-8-10-30-12-14-32-16-18-34-20-22-36-23-21-35-19-17-33-15-13-31-11-9-29-7-5-26-27-25;1-5-7-22-9-11-24-13-15-26-17-19-28-20-18-27-16-14-25-12-10-23-8-6-21(2,3)4;1-5-7-18-9-11-20-13-15-22-16-14-21-12-10-19-8-6-17(2,3)4/h5-28H2,1-4H3;4-23H2,1-3H3;5-20H2,1-4H3;5-16H2,1-4H3. The third-order valence-electron chi connectivity index (χ3n) is 15.8. The van der Waals surface area contributed by atoms with Crippen LogP contribution in [0.3, 0.4) is 0 Å².